The number of hydrogen-bond donors (Lipinski definition) is 0. The summed E-state index contributed by atoms with van der Waals surface area (Å²) in [5.41, 5.74) is 0.468. The van der Waals surface area contributed by atoms with Gasteiger partial charge in [-0.1, -0.05) is 53.0 Å². The highest BCUT2D eigenvalue weighted by Crippen LogP contribution is 2.35. The van der Waals surface area contributed by atoms with Gasteiger partial charge in [-0.15, -0.1) is 24.7 Å². The number of carbonyl (C=O) groups is 2. The van der Waals surface area contributed by atoms with E-state index in [1.807, 2.05) is 0 Å². The van der Waals surface area contributed by atoms with E-state index in [1.54, 1.807) is 35.2 Å². The van der Waals surface area contributed by atoms with Gasteiger partial charge in [0.25, 0.3) is 5.91 Å². The van der Waals surface area contributed by atoms with E-state index in [0.29, 0.717) is 31.6 Å². The summed E-state index contributed by atoms with van der Waals surface area (Å²) in [5, 5.41) is 0. The van der Waals surface area contributed by atoms with Gasteiger partial charge in [-0.05, 0) is 12.1 Å². The highest BCUT2D eigenvalue weighted by molar-refractivity contribution is 6.68. The summed E-state index contributed by atoms with van der Waals surface area (Å²) in [4.78, 5) is 33.6. The first-order valence-corrected chi connectivity index (χ1v) is 9.78. The Hall–Kier alpha value is -2.22. The van der Waals surface area contributed by atoms with Gasteiger partial charge in [-0.2, -0.15) is 0 Å². The summed E-state index contributed by atoms with van der Waals surface area (Å²) >= 11 is 18.6. The Kier molecular flexibility index (Phi) is 7.96. The number of amides is 3. The highest BCUT2D eigenvalue weighted by Gasteiger charge is 2.45. The van der Waals surface area contributed by atoms with Crippen LogP contribution in [0.25, 0.3) is 0 Å². The van der Waals surface area contributed by atoms with Gasteiger partial charge in [0.15, 0.2) is 6.17 Å². The Morgan fingerprint density at radius 1 is 1.10 bits per heavy atom. The molecule has 1 fully saturated rings. The minimum atomic E-state index is -1.90. The van der Waals surface area contributed by atoms with Gasteiger partial charge in [0.1, 0.15) is 0 Å². The minimum Gasteiger partial charge on any atom is -0.276 e. The van der Waals surface area contributed by atoms with E-state index in [2.05, 4.69) is 16.8 Å². The summed E-state index contributed by atoms with van der Waals surface area (Å²) in [6, 6.07) is 8.07. The lowest BCUT2D eigenvalue weighted by Gasteiger charge is -2.33. The molecule has 1 heterocycles. The average molecular weight is 454 g/mol. The van der Waals surface area contributed by atoms with Crippen LogP contribution in [0.4, 0.5) is 10.5 Å². The number of imide groups is 1. The number of para-hydroxylation sites is 1. The molecular formula is C20H19Cl3N4O2. The molecule has 29 heavy (non-hydrogen) atoms. The second kappa shape index (κ2) is 10.0. The summed E-state index contributed by atoms with van der Waals surface area (Å²) in [6.07, 6.45) is 10.4. The molecule has 1 aromatic rings. The first kappa shape index (κ1) is 23.1. The predicted octanol–water partition coefficient (Wildman–Crippen LogP) is 3.53. The van der Waals surface area contributed by atoms with Crippen molar-refractivity contribution in [2.75, 3.05) is 25.0 Å². The van der Waals surface area contributed by atoms with E-state index >= 15 is 0 Å². The van der Waals surface area contributed by atoms with Crippen LogP contribution in [0, 0.1) is 24.7 Å². The van der Waals surface area contributed by atoms with Crippen molar-refractivity contribution >= 4 is 58.3 Å². The summed E-state index contributed by atoms with van der Waals surface area (Å²) in [6.45, 7) is 0.688. The lowest BCUT2D eigenvalue weighted by Crippen LogP contribution is -2.46. The van der Waals surface area contributed by atoms with E-state index in [-0.39, 0.29) is 5.84 Å². The Labute approximate surface area is 185 Å². The number of terminal acetylenes is 2. The molecular weight excluding hydrogens is 435 g/mol. The van der Waals surface area contributed by atoms with Gasteiger partial charge in [0, 0.05) is 33.0 Å². The molecule has 0 spiro atoms. The van der Waals surface area contributed by atoms with Gasteiger partial charge in [0.05, 0.1) is 5.69 Å². The number of nitrogens with zero attached hydrogens (tertiary/aromatic N) is 4. The first-order chi connectivity index (χ1) is 13.7. The van der Waals surface area contributed by atoms with Crippen LogP contribution in [0.2, 0.25) is 0 Å². The monoisotopic (exact) mass is 452 g/mol. The number of hydrogen-bond acceptors (Lipinski definition) is 4. The summed E-state index contributed by atoms with van der Waals surface area (Å²) in [7, 11) is 1.36. The third-order valence-corrected chi connectivity index (χ3v) is 4.76. The molecule has 1 aromatic carbocycles. The molecule has 1 saturated heterocycles. The SMILES string of the molecule is C#CCCN(CCC#C)C(/N=C1\C(=O)N(C)C(=O)N1c1ccccc1)C(Cl)(Cl)Cl. The molecule has 3 amide bonds. The number of urea groups is 1. The fraction of sp³-hybridized carbons (Fsp3) is 0.350. The lowest BCUT2D eigenvalue weighted by molar-refractivity contribution is -0.119. The maximum Gasteiger partial charge on any atom is 0.337 e. The lowest BCUT2D eigenvalue weighted by atomic mass is 10.3. The fourth-order valence-electron chi connectivity index (χ4n) is 2.75. The number of benzene rings is 1. The molecule has 1 aliphatic heterocycles. The number of alkyl halides is 3. The van der Waals surface area contributed by atoms with Gasteiger partial charge >= 0.3 is 6.03 Å². The normalized spacial score (nSPS) is 17.0. The van der Waals surface area contributed by atoms with E-state index < -0.39 is 21.9 Å². The highest BCUT2D eigenvalue weighted by atomic mass is 35.6. The third kappa shape index (κ3) is 5.44. The molecule has 152 valence electrons. The van der Waals surface area contributed by atoms with Gasteiger partial charge < -0.3 is 0 Å². The van der Waals surface area contributed by atoms with Crippen molar-refractivity contribution in [2.45, 2.75) is 22.8 Å². The second-order valence-electron chi connectivity index (χ2n) is 6.13. The largest absolute Gasteiger partial charge is 0.337 e. The molecule has 2 rings (SSSR count). The Morgan fingerprint density at radius 2 is 1.66 bits per heavy atom. The molecule has 0 bridgehead atoms. The Bertz CT molecular complexity index is 850. The van der Waals surface area contributed by atoms with Gasteiger partial charge in [0.2, 0.25) is 9.63 Å². The number of carbonyl (C=O) groups excluding carboxylic acids is 2. The van der Waals surface area contributed by atoms with Gasteiger partial charge in [-0.25, -0.2) is 14.7 Å². The predicted molar refractivity (Wildman–Crippen MR) is 117 cm³/mol. The second-order valence-corrected chi connectivity index (χ2v) is 8.50. The Balaban J connectivity index is 2.54. The molecule has 1 atom stereocenters. The number of halogens is 3. The zero-order valence-corrected chi connectivity index (χ0v) is 18.0. The van der Waals surface area contributed by atoms with Crippen molar-refractivity contribution in [1.82, 2.24) is 9.80 Å². The van der Waals surface area contributed by atoms with Gasteiger partial charge in [-0.3, -0.25) is 14.6 Å². The molecule has 1 unspecified atom stereocenters. The molecule has 0 radical (unpaired) electrons. The van der Waals surface area contributed by atoms with E-state index in [4.69, 9.17) is 47.6 Å². The van der Waals surface area contributed by atoms with E-state index in [0.717, 1.165) is 4.90 Å². The van der Waals surface area contributed by atoms with Crippen molar-refractivity contribution in [1.29, 1.82) is 0 Å². The molecule has 0 aliphatic carbocycles. The van der Waals surface area contributed by atoms with Crippen LogP contribution in [0.5, 0.6) is 0 Å². The number of anilines is 1. The van der Waals surface area contributed by atoms with Crippen LogP contribution in [-0.2, 0) is 4.79 Å². The maximum absolute atomic E-state index is 12.7. The van der Waals surface area contributed by atoms with Crippen LogP contribution >= 0.6 is 34.8 Å². The zero-order chi connectivity index (χ0) is 21.6. The van der Waals surface area contributed by atoms with Crippen molar-refractivity contribution in [3.05, 3.63) is 30.3 Å². The molecule has 0 N–H and O–H groups in total. The number of rotatable bonds is 7. The zero-order valence-electron chi connectivity index (χ0n) is 15.7. The van der Waals surface area contributed by atoms with Crippen LogP contribution < -0.4 is 4.90 Å². The summed E-state index contributed by atoms with van der Waals surface area (Å²) in [5.74, 6) is 4.29. The quantitative estimate of drug-likeness (QED) is 0.360. The molecule has 1 aliphatic rings. The number of likely N-dealkylation sites (N-methyl/N-ethyl adjacent to an activating group) is 1. The maximum atomic E-state index is 12.7. The van der Waals surface area contributed by atoms with Crippen LogP contribution in [0.15, 0.2) is 35.3 Å². The fourth-order valence-corrected chi connectivity index (χ4v) is 3.31. The van der Waals surface area contributed by atoms with Crippen LogP contribution in [0.3, 0.4) is 0 Å². The summed E-state index contributed by atoms with van der Waals surface area (Å²) < 4.78 is -1.90. The van der Waals surface area contributed by atoms with Crippen molar-refractivity contribution in [2.24, 2.45) is 4.99 Å². The van der Waals surface area contributed by atoms with E-state index in [9.17, 15) is 9.59 Å². The average Bonchev–Trinajstić information content (AvgIpc) is 2.90. The molecule has 0 saturated carbocycles. The van der Waals surface area contributed by atoms with E-state index in [1.165, 1.54) is 11.9 Å². The number of amidine groups is 1. The van der Waals surface area contributed by atoms with Crippen molar-refractivity contribution in [3.63, 3.8) is 0 Å². The smallest absolute Gasteiger partial charge is 0.276 e. The standard InChI is InChI=1S/C20H19Cl3N4O2/c1-4-6-13-26(14-7-5-2)18(20(21,22)23)24-16-17(28)25(3)19(29)27(16)15-11-9-8-10-12-15/h1-2,8-12,18H,6-7,13-14H2,3H3/b24-16+. The first-order valence-electron chi connectivity index (χ1n) is 8.65. The molecule has 0 aromatic heterocycles. The van der Waals surface area contributed by atoms with Crippen molar-refractivity contribution < 1.29 is 9.59 Å². The Morgan fingerprint density at radius 3 is 2.14 bits per heavy atom. The molecule has 9 heteroatoms. The third-order valence-electron chi connectivity index (χ3n) is 4.17. The van der Waals surface area contributed by atoms with Crippen molar-refractivity contribution in [3.8, 4) is 24.7 Å². The van der Waals surface area contributed by atoms with Crippen LogP contribution in [-0.4, -0.2) is 57.7 Å². The molecule has 6 nitrogen and oxygen atoms in total. The van der Waals surface area contributed by atoms with Crippen LogP contribution in [0.1, 0.15) is 12.8 Å². The number of aliphatic imine (C=N–C) groups is 1. The minimum absolute atomic E-state index is 0.147. The topological polar surface area (TPSA) is 56.2 Å².